The van der Waals surface area contributed by atoms with E-state index in [4.69, 9.17) is 4.74 Å². The van der Waals surface area contributed by atoms with Gasteiger partial charge in [-0.25, -0.2) is 8.42 Å². The van der Waals surface area contributed by atoms with Crippen molar-refractivity contribution < 1.29 is 13.2 Å². The molecule has 1 saturated heterocycles. The van der Waals surface area contributed by atoms with Crippen molar-refractivity contribution in [2.45, 2.75) is 18.2 Å². The molecule has 1 heterocycles. The zero-order valence-electron chi connectivity index (χ0n) is 10.5. The van der Waals surface area contributed by atoms with Gasteiger partial charge in [0.25, 0.3) is 0 Å². The number of hydrogen-bond acceptors (Lipinski definition) is 3. The van der Waals surface area contributed by atoms with Gasteiger partial charge in [0.15, 0.2) is 0 Å². The lowest BCUT2D eigenvalue weighted by molar-refractivity contribution is 0.148. The van der Waals surface area contributed by atoms with Crippen molar-refractivity contribution in [3.8, 4) is 0 Å². The molecule has 1 aromatic carbocycles. The lowest BCUT2D eigenvalue weighted by atomic mass is 10.2. The predicted molar refractivity (Wildman–Crippen MR) is 80.8 cm³/mol. The minimum Gasteiger partial charge on any atom is -0.380 e. The topological polar surface area (TPSA) is 46.6 Å². The van der Waals surface area contributed by atoms with Crippen molar-refractivity contribution in [2.24, 2.45) is 0 Å². The quantitative estimate of drug-likeness (QED) is 0.750. The molecule has 0 radical (unpaired) electrons. The maximum Gasteiger partial charge on any atom is 0.244 e. The molecule has 0 bridgehead atoms. The third-order valence-electron chi connectivity index (χ3n) is 3.01. The highest BCUT2D eigenvalue weighted by Gasteiger charge is 2.27. The molecule has 19 heavy (non-hydrogen) atoms. The number of ether oxygens (including phenoxy) is 1. The Bertz CT molecular complexity index is 567. The van der Waals surface area contributed by atoms with Crippen LogP contribution < -0.4 is 0 Å². The van der Waals surface area contributed by atoms with Crippen molar-refractivity contribution in [3.63, 3.8) is 0 Å². The summed E-state index contributed by atoms with van der Waals surface area (Å²) in [7, 11) is -3.48. The summed E-state index contributed by atoms with van der Waals surface area (Å²) in [6.07, 6.45) is 0.726. The van der Waals surface area contributed by atoms with Crippen molar-refractivity contribution in [2.75, 3.05) is 26.3 Å². The second-order valence-electron chi connectivity index (χ2n) is 4.40. The van der Waals surface area contributed by atoms with E-state index < -0.39 is 10.0 Å². The Hall–Kier alpha value is 0.0500. The number of hydrogen-bond donors (Lipinski definition) is 0. The van der Waals surface area contributed by atoms with Crippen LogP contribution in [-0.2, 0) is 14.8 Å². The smallest absolute Gasteiger partial charge is 0.244 e. The first-order valence-electron chi connectivity index (χ1n) is 5.96. The standard InChI is InChI=1S/C12H15Br2NO3S/c1-9-7-11(14)12(8-10(9)13)19(16,17)15-3-2-5-18-6-4-15/h7-8H,2-6H2,1H3. The van der Waals surface area contributed by atoms with E-state index in [1.807, 2.05) is 13.0 Å². The van der Waals surface area contributed by atoms with Gasteiger partial charge >= 0.3 is 0 Å². The van der Waals surface area contributed by atoms with Gasteiger partial charge in [-0.2, -0.15) is 4.31 Å². The Labute approximate surface area is 130 Å². The Morgan fingerprint density at radius 3 is 2.63 bits per heavy atom. The van der Waals surface area contributed by atoms with E-state index in [1.54, 1.807) is 6.07 Å². The van der Waals surface area contributed by atoms with E-state index in [1.165, 1.54) is 4.31 Å². The van der Waals surface area contributed by atoms with Crippen LogP contribution in [0.2, 0.25) is 0 Å². The van der Waals surface area contributed by atoms with E-state index in [0.29, 0.717) is 35.7 Å². The van der Waals surface area contributed by atoms with Gasteiger partial charge in [-0.3, -0.25) is 0 Å². The SMILES string of the molecule is Cc1cc(Br)c(S(=O)(=O)N2CCCOCC2)cc1Br. The Morgan fingerprint density at radius 2 is 1.89 bits per heavy atom. The molecule has 0 unspecified atom stereocenters. The van der Waals surface area contributed by atoms with Crippen LogP contribution in [0, 0.1) is 6.92 Å². The summed E-state index contributed by atoms with van der Waals surface area (Å²) in [6, 6.07) is 3.46. The summed E-state index contributed by atoms with van der Waals surface area (Å²) in [5.74, 6) is 0. The molecule has 2 rings (SSSR count). The van der Waals surface area contributed by atoms with E-state index >= 15 is 0 Å². The van der Waals surface area contributed by atoms with Gasteiger partial charge in [0.2, 0.25) is 10.0 Å². The first kappa shape index (κ1) is 15.4. The van der Waals surface area contributed by atoms with Crippen LogP contribution in [0.25, 0.3) is 0 Å². The maximum atomic E-state index is 12.6. The average molecular weight is 413 g/mol. The molecule has 106 valence electrons. The van der Waals surface area contributed by atoms with Gasteiger partial charge in [-0.15, -0.1) is 0 Å². The molecule has 1 aliphatic heterocycles. The number of rotatable bonds is 2. The summed E-state index contributed by atoms with van der Waals surface area (Å²) in [5, 5.41) is 0. The van der Waals surface area contributed by atoms with E-state index in [0.717, 1.165) is 16.5 Å². The van der Waals surface area contributed by atoms with Crippen LogP contribution in [0.1, 0.15) is 12.0 Å². The Kier molecular flexibility index (Phi) is 5.05. The van der Waals surface area contributed by atoms with Crippen LogP contribution >= 0.6 is 31.9 Å². The van der Waals surface area contributed by atoms with Crippen molar-refractivity contribution in [1.29, 1.82) is 0 Å². The van der Waals surface area contributed by atoms with Crippen LogP contribution in [0.15, 0.2) is 26.0 Å². The molecule has 0 saturated carbocycles. The van der Waals surface area contributed by atoms with Crippen molar-refractivity contribution in [1.82, 2.24) is 4.31 Å². The van der Waals surface area contributed by atoms with Gasteiger partial charge < -0.3 is 4.74 Å². The summed E-state index contributed by atoms with van der Waals surface area (Å²) in [5.41, 5.74) is 0.991. The third kappa shape index (κ3) is 3.39. The highest BCUT2D eigenvalue weighted by Crippen LogP contribution is 2.31. The number of nitrogens with zero attached hydrogens (tertiary/aromatic N) is 1. The van der Waals surface area contributed by atoms with E-state index in [2.05, 4.69) is 31.9 Å². The minimum absolute atomic E-state index is 0.298. The number of aryl methyl sites for hydroxylation is 1. The fourth-order valence-electron chi connectivity index (χ4n) is 1.93. The fraction of sp³-hybridized carbons (Fsp3) is 0.500. The van der Waals surface area contributed by atoms with Crippen LogP contribution in [0.3, 0.4) is 0 Å². The highest BCUT2D eigenvalue weighted by molar-refractivity contribution is 9.11. The first-order valence-corrected chi connectivity index (χ1v) is 8.99. The zero-order chi connectivity index (χ0) is 14.0. The largest absolute Gasteiger partial charge is 0.380 e. The molecular weight excluding hydrogens is 398 g/mol. The highest BCUT2D eigenvalue weighted by atomic mass is 79.9. The number of benzene rings is 1. The molecule has 4 nitrogen and oxygen atoms in total. The molecule has 0 aliphatic carbocycles. The van der Waals surface area contributed by atoms with E-state index in [-0.39, 0.29) is 0 Å². The van der Waals surface area contributed by atoms with Crippen LogP contribution in [0.4, 0.5) is 0 Å². The van der Waals surface area contributed by atoms with Gasteiger partial charge in [0.1, 0.15) is 0 Å². The fourth-order valence-corrected chi connectivity index (χ4v) is 5.03. The maximum absolute atomic E-state index is 12.6. The summed E-state index contributed by atoms with van der Waals surface area (Å²) < 4.78 is 33.5. The lowest BCUT2D eigenvalue weighted by Crippen LogP contribution is -2.33. The van der Waals surface area contributed by atoms with Crippen LogP contribution in [0.5, 0.6) is 0 Å². The van der Waals surface area contributed by atoms with Crippen molar-refractivity contribution in [3.05, 3.63) is 26.6 Å². The predicted octanol–water partition coefficient (Wildman–Crippen LogP) is 2.93. The van der Waals surface area contributed by atoms with Gasteiger partial charge in [-0.05, 0) is 47.0 Å². The Balaban J connectivity index is 2.41. The summed E-state index contributed by atoms with van der Waals surface area (Å²) >= 11 is 6.73. The van der Waals surface area contributed by atoms with Gasteiger partial charge in [-0.1, -0.05) is 15.9 Å². The molecule has 1 fully saturated rings. The average Bonchev–Trinajstić information content (AvgIpc) is 2.62. The molecule has 0 aromatic heterocycles. The summed E-state index contributed by atoms with van der Waals surface area (Å²) in [6.45, 7) is 3.89. The Morgan fingerprint density at radius 1 is 1.16 bits per heavy atom. The molecule has 0 amide bonds. The second-order valence-corrected chi connectivity index (χ2v) is 8.02. The van der Waals surface area contributed by atoms with Crippen LogP contribution in [-0.4, -0.2) is 39.0 Å². The van der Waals surface area contributed by atoms with Crippen molar-refractivity contribution >= 4 is 41.9 Å². The molecule has 1 aromatic rings. The van der Waals surface area contributed by atoms with E-state index in [9.17, 15) is 8.42 Å². The van der Waals surface area contributed by atoms with Gasteiger partial charge in [0, 0.05) is 28.6 Å². The minimum atomic E-state index is -3.48. The molecular formula is C12H15Br2NO3S. The number of sulfonamides is 1. The lowest BCUT2D eigenvalue weighted by Gasteiger charge is -2.20. The zero-order valence-corrected chi connectivity index (χ0v) is 14.5. The number of halogens is 2. The molecule has 7 heteroatoms. The molecule has 1 aliphatic rings. The normalized spacial score (nSPS) is 18.3. The first-order chi connectivity index (χ1) is 8.93. The molecule has 0 spiro atoms. The molecule has 0 atom stereocenters. The third-order valence-corrected chi connectivity index (χ3v) is 6.72. The molecule has 0 N–H and O–H groups in total. The second kappa shape index (κ2) is 6.22. The van der Waals surface area contributed by atoms with Gasteiger partial charge in [0.05, 0.1) is 11.5 Å². The summed E-state index contributed by atoms with van der Waals surface area (Å²) in [4.78, 5) is 0.298. The monoisotopic (exact) mass is 411 g/mol.